The normalized spacial score (nSPS) is 11.2. The van der Waals surface area contributed by atoms with Gasteiger partial charge in [0, 0.05) is 11.1 Å². The molecule has 3 aromatic rings. The number of rotatable bonds is 5. The molecule has 0 aliphatic rings. The Morgan fingerprint density at radius 1 is 0.880 bits per heavy atom. The first-order valence-corrected chi connectivity index (χ1v) is 9.40. The summed E-state index contributed by atoms with van der Waals surface area (Å²) in [5.74, 6) is 0.332. The van der Waals surface area contributed by atoms with Gasteiger partial charge >= 0.3 is 0 Å². The maximum absolute atomic E-state index is 12.7. The second-order valence-corrected chi connectivity index (χ2v) is 7.82. The van der Waals surface area contributed by atoms with Gasteiger partial charge in [-0.1, -0.05) is 41.9 Å². The topological polar surface area (TPSA) is 69.4 Å². The predicted octanol–water partition coefficient (Wildman–Crippen LogP) is 4.33. The van der Waals surface area contributed by atoms with E-state index in [0.29, 0.717) is 23.1 Å². The zero-order chi connectivity index (χ0) is 17.9. The van der Waals surface area contributed by atoms with E-state index in [-0.39, 0.29) is 9.79 Å². The number of ether oxygens (including phenoxy) is 1. The number of sulfone groups is 1. The molecule has 25 heavy (non-hydrogen) atoms. The monoisotopic (exact) mass is 373 g/mol. The van der Waals surface area contributed by atoms with Gasteiger partial charge < -0.3 is 10.5 Å². The zero-order valence-electron chi connectivity index (χ0n) is 13.2. The highest BCUT2D eigenvalue weighted by Crippen LogP contribution is 2.29. The van der Waals surface area contributed by atoms with E-state index in [1.807, 2.05) is 30.3 Å². The van der Waals surface area contributed by atoms with E-state index in [1.54, 1.807) is 12.1 Å². The van der Waals surface area contributed by atoms with E-state index >= 15 is 0 Å². The average molecular weight is 374 g/mol. The van der Waals surface area contributed by atoms with Crippen LogP contribution in [-0.2, 0) is 16.4 Å². The van der Waals surface area contributed by atoms with E-state index in [9.17, 15) is 8.42 Å². The van der Waals surface area contributed by atoms with E-state index in [0.717, 1.165) is 5.56 Å². The van der Waals surface area contributed by atoms with Crippen molar-refractivity contribution in [2.75, 3.05) is 5.73 Å². The summed E-state index contributed by atoms with van der Waals surface area (Å²) in [6.07, 6.45) is 0. The molecule has 3 aromatic carbocycles. The van der Waals surface area contributed by atoms with Gasteiger partial charge in [0.1, 0.15) is 12.4 Å². The highest BCUT2D eigenvalue weighted by molar-refractivity contribution is 7.91. The van der Waals surface area contributed by atoms with Gasteiger partial charge in [0.15, 0.2) is 0 Å². The van der Waals surface area contributed by atoms with Gasteiger partial charge in [-0.2, -0.15) is 0 Å². The maximum atomic E-state index is 12.7. The Morgan fingerprint density at radius 3 is 2.20 bits per heavy atom. The van der Waals surface area contributed by atoms with Crippen molar-refractivity contribution in [2.45, 2.75) is 16.4 Å². The van der Waals surface area contributed by atoms with Gasteiger partial charge in [0.25, 0.3) is 0 Å². The largest absolute Gasteiger partial charge is 0.487 e. The first-order chi connectivity index (χ1) is 12.0. The van der Waals surface area contributed by atoms with Gasteiger partial charge in [0.2, 0.25) is 9.84 Å². The minimum Gasteiger partial charge on any atom is -0.487 e. The molecule has 2 N–H and O–H groups in total. The van der Waals surface area contributed by atoms with Crippen molar-refractivity contribution in [3.05, 3.63) is 83.4 Å². The SMILES string of the molecule is Nc1ccc(S(=O)(=O)c2ccc(Cl)cc2)cc1OCc1ccccc1. The number of nitrogens with two attached hydrogens (primary N) is 1. The molecule has 0 aromatic heterocycles. The lowest BCUT2D eigenvalue weighted by atomic mass is 10.2. The number of benzene rings is 3. The van der Waals surface area contributed by atoms with Crippen molar-refractivity contribution in [3.63, 3.8) is 0 Å². The highest BCUT2D eigenvalue weighted by atomic mass is 35.5. The van der Waals surface area contributed by atoms with E-state index in [2.05, 4.69) is 0 Å². The molecule has 0 amide bonds. The van der Waals surface area contributed by atoms with Gasteiger partial charge in [-0.15, -0.1) is 0 Å². The molecule has 0 atom stereocenters. The summed E-state index contributed by atoms with van der Waals surface area (Å²) in [5.41, 5.74) is 7.26. The average Bonchev–Trinajstić information content (AvgIpc) is 2.62. The van der Waals surface area contributed by atoms with E-state index < -0.39 is 9.84 Å². The van der Waals surface area contributed by atoms with Crippen LogP contribution < -0.4 is 10.5 Å². The van der Waals surface area contributed by atoms with Crippen molar-refractivity contribution in [1.82, 2.24) is 0 Å². The fraction of sp³-hybridized carbons (Fsp3) is 0.0526. The first kappa shape index (κ1) is 17.3. The predicted molar refractivity (Wildman–Crippen MR) is 98.5 cm³/mol. The van der Waals surface area contributed by atoms with Crippen molar-refractivity contribution >= 4 is 27.1 Å². The molecule has 6 heteroatoms. The third-order valence-corrected chi connectivity index (χ3v) is 5.68. The molecule has 0 aliphatic heterocycles. The van der Waals surface area contributed by atoms with Crippen LogP contribution in [0.5, 0.6) is 5.75 Å². The summed E-state index contributed by atoms with van der Waals surface area (Å²) < 4.78 is 31.2. The lowest BCUT2D eigenvalue weighted by Crippen LogP contribution is -2.04. The molecule has 0 heterocycles. The molecule has 0 radical (unpaired) electrons. The summed E-state index contributed by atoms with van der Waals surface area (Å²) in [7, 11) is -3.67. The molecule has 0 spiro atoms. The lowest BCUT2D eigenvalue weighted by Gasteiger charge is -2.11. The first-order valence-electron chi connectivity index (χ1n) is 7.54. The maximum Gasteiger partial charge on any atom is 0.206 e. The lowest BCUT2D eigenvalue weighted by molar-refractivity contribution is 0.307. The Morgan fingerprint density at radius 2 is 1.52 bits per heavy atom. The van der Waals surface area contributed by atoms with Crippen molar-refractivity contribution in [2.24, 2.45) is 0 Å². The van der Waals surface area contributed by atoms with Crippen LogP contribution >= 0.6 is 11.6 Å². The Hall–Kier alpha value is -2.50. The molecular formula is C19H16ClNO3S. The molecule has 0 saturated heterocycles. The second-order valence-electron chi connectivity index (χ2n) is 5.43. The zero-order valence-corrected chi connectivity index (χ0v) is 14.8. The Balaban J connectivity index is 1.89. The van der Waals surface area contributed by atoms with Gasteiger partial charge in [0.05, 0.1) is 15.5 Å². The van der Waals surface area contributed by atoms with E-state index in [4.69, 9.17) is 22.1 Å². The molecule has 4 nitrogen and oxygen atoms in total. The van der Waals surface area contributed by atoms with Gasteiger partial charge in [-0.25, -0.2) is 8.42 Å². The molecule has 0 saturated carbocycles. The van der Waals surface area contributed by atoms with Crippen LogP contribution in [0.25, 0.3) is 0 Å². The highest BCUT2D eigenvalue weighted by Gasteiger charge is 2.19. The molecular weight excluding hydrogens is 358 g/mol. The molecule has 0 unspecified atom stereocenters. The van der Waals surface area contributed by atoms with Crippen molar-refractivity contribution < 1.29 is 13.2 Å². The fourth-order valence-corrected chi connectivity index (χ4v) is 3.69. The van der Waals surface area contributed by atoms with Crippen LogP contribution in [-0.4, -0.2) is 8.42 Å². The minimum absolute atomic E-state index is 0.118. The number of hydrogen-bond donors (Lipinski definition) is 1. The van der Waals surface area contributed by atoms with Crippen LogP contribution in [0.15, 0.2) is 82.6 Å². The Bertz CT molecular complexity index is 971. The number of hydrogen-bond acceptors (Lipinski definition) is 4. The van der Waals surface area contributed by atoms with Crippen LogP contribution in [0.3, 0.4) is 0 Å². The molecule has 0 aliphatic carbocycles. The summed E-state index contributed by atoms with van der Waals surface area (Å²) in [6, 6.07) is 20.0. The third-order valence-electron chi connectivity index (χ3n) is 3.66. The summed E-state index contributed by atoms with van der Waals surface area (Å²) in [4.78, 5) is 0.280. The van der Waals surface area contributed by atoms with Crippen LogP contribution in [0.4, 0.5) is 5.69 Å². The molecule has 128 valence electrons. The molecule has 0 fully saturated rings. The van der Waals surface area contributed by atoms with Gasteiger partial charge in [-0.3, -0.25) is 0 Å². The smallest absolute Gasteiger partial charge is 0.206 e. The number of halogens is 1. The summed E-state index contributed by atoms with van der Waals surface area (Å²) in [5, 5.41) is 0.475. The van der Waals surface area contributed by atoms with Crippen LogP contribution in [0.1, 0.15) is 5.56 Å². The van der Waals surface area contributed by atoms with Crippen LogP contribution in [0, 0.1) is 0 Å². The standard InChI is InChI=1S/C19H16ClNO3S/c20-15-6-8-16(9-7-15)25(22,23)17-10-11-18(21)19(12-17)24-13-14-4-2-1-3-5-14/h1-12H,13,21H2. The molecule has 0 bridgehead atoms. The Kier molecular flexibility index (Phi) is 4.97. The molecule has 3 rings (SSSR count). The van der Waals surface area contributed by atoms with Crippen molar-refractivity contribution in [3.8, 4) is 5.75 Å². The Labute approximate surface area is 151 Å². The minimum atomic E-state index is -3.67. The quantitative estimate of drug-likeness (QED) is 0.675. The third kappa shape index (κ3) is 3.95. The van der Waals surface area contributed by atoms with E-state index in [1.165, 1.54) is 30.3 Å². The van der Waals surface area contributed by atoms with Gasteiger partial charge in [-0.05, 0) is 42.0 Å². The fourth-order valence-electron chi connectivity index (χ4n) is 2.29. The second kappa shape index (κ2) is 7.17. The van der Waals surface area contributed by atoms with Crippen LogP contribution in [0.2, 0.25) is 5.02 Å². The number of anilines is 1. The summed E-state index contributed by atoms with van der Waals surface area (Å²) >= 11 is 5.82. The number of nitrogen functional groups attached to an aromatic ring is 1. The van der Waals surface area contributed by atoms with Crippen molar-refractivity contribution in [1.29, 1.82) is 0 Å². The summed E-state index contributed by atoms with van der Waals surface area (Å²) in [6.45, 7) is 0.301.